The monoisotopic (exact) mass is 273 g/mol. The number of nitrogens with one attached hydrogen (secondary N) is 1. The first-order chi connectivity index (χ1) is 8.81. The smallest absolute Gasteiger partial charge is 0.357 e. The molecule has 0 radical (unpaired) electrons. The minimum absolute atomic E-state index is 0.431. The predicted molar refractivity (Wildman–Crippen MR) is 54.3 cm³/mol. The summed E-state index contributed by atoms with van der Waals surface area (Å²) >= 11 is 0. The van der Waals surface area contributed by atoms with Crippen LogP contribution in [0.3, 0.4) is 0 Å². The number of benzene rings is 1. The van der Waals surface area contributed by atoms with Crippen molar-refractivity contribution >= 4 is 5.69 Å². The Kier molecular flexibility index (Phi) is 4.07. The third-order valence-corrected chi connectivity index (χ3v) is 1.99. The first-order valence-corrected chi connectivity index (χ1v) is 4.63. The van der Waals surface area contributed by atoms with E-state index >= 15 is 0 Å². The Bertz CT molecular complexity index is 588. The lowest BCUT2D eigenvalue weighted by Gasteiger charge is -2.12. The summed E-state index contributed by atoms with van der Waals surface area (Å²) in [5, 5.41) is 18.8. The van der Waals surface area contributed by atoms with Crippen molar-refractivity contribution in [2.45, 2.75) is 6.18 Å². The highest BCUT2D eigenvalue weighted by Gasteiger charge is 2.38. The zero-order valence-electron chi connectivity index (χ0n) is 9.02. The van der Waals surface area contributed by atoms with E-state index in [1.807, 2.05) is 5.32 Å². The fraction of sp³-hybridized carbons (Fsp3) is 0.0909. The number of halogens is 5. The first-order valence-electron chi connectivity index (χ1n) is 4.63. The van der Waals surface area contributed by atoms with Gasteiger partial charge in [0, 0.05) is 6.20 Å². The zero-order chi connectivity index (χ0) is 14.6. The number of nitriles is 2. The van der Waals surface area contributed by atoms with Crippen LogP contribution in [0.1, 0.15) is 5.56 Å². The van der Waals surface area contributed by atoms with E-state index in [1.54, 1.807) is 0 Å². The third kappa shape index (κ3) is 3.19. The molecule has 0 saturated heterocycles. The maximum Gasteiger partial charge on any atom is 0.422 e. The highest BCUT2D eigenvalue weighted by Crippen LogP contribution is 2.36. The molecule has 0 unspecified atom stereocenters. The lowest BCUT2D eigenvalue weighted by Crippen LogP contribution is -2.12. The van der Waals surface area contributed by atoms with Gasteiger partial charge in [-0.05, 0) is 12.1 Å². The van der Waals surface area contributed by atoms with Crippen LogP contribution in [0.25, 0.3) is 0 Å². The Morgan fingerprint density at radius 3 is 2.21 bits per heavy atom. The molecule has 1 aromatic carbocycles. The van der Waals surface area contributed by atoms with E-state index in [0.717, 1.165) is 12.3 Å². The van der Waals surface area contributed by atoms with Crippen molar-refractivity contribution in [3.8, 4) is 12.1 Å². The van der Waals surface area contributed by atoms with Crippen LogP contribution < -0.4 is 5.32 Å². The summed E-state index contributed by atoms with van der Waals surface area (Å²) in [5.41, 5.74) is -3.21. The van der Waals surface area contributed by atoms with E-state index in [-0.39, 0.29) is 0 Å². The Labute approximate surface area is 104 Å². The van der Waals surface area contributed by atoms with Gasteiger partial charge in [-0.1, -0.05) is 0 Å². The zero-order valence-corrected chi connectivity index (χ0v) is 9.02. The van der Waals surface area contributed by atoms with Gasteiger partial charge in [-0.15, -0.1) is 0 Å². The normalized spacial score (nSPS) is 10.3. The van der Waals surface area contributed by atoms with Crippen LogP contribution in [0.5, 0.6) is 0 Å². The fourth-order valence-corrected chi connectivity index (χ4v) is 1.16. The average molecular weight is 273 g/mol. The molecule has 3 nitrogen and oxygen atoms in total. The molecule has 0 spiro atoms. The molecular weight excluding hydrogens is 269 g/mol. The number of hydrogen-bond donors (Lipinski definition) is 1. The Morgan fingerprint density at radius 2 is 1.74 bits per heavy atom. The molecule has 1 N–H and O–H groups in total. The minimum atomic E-state index is -5.19. The number of anilines is 1. The summed E-state index contributed by atoms with van der Waals surface area (Å²) in [6.45, 7) is 0. The van der Waals surface area contributed by atoms with Gasteiger partial charge in [-0.2, -0.15) is 23.7 Å². The summed E-state index contributed by atoms with van der Waals surface area (Å²) in [6, 6.07) is 3.99. The molecule has 0 aromatic heterocycles. The van der Waals surface area contributed by atoms with Gasteiger partial charge in [-0.25, -0.2) is 8.78 Å². The molecule has 0 fully saturated rings. The van der Waals surface area contributed by atoms with Gasteiger partial charge in [0.25, 0.3) is 0 Å². The van der Waals surface area contributed by atoms with Gasteiger partial charge in [0.2, 0.25) is 0 Å². The van der Waals surface area contributed by atoms with Crippen LogP contribution in [-0.2, 0) is 6.18 Å². The second kappa shape index (κ2) is 5.36. The molecule has 0 saturated carbocycles. The van der Waals surface area contributed by atoms with Gasteiger partial charge < -0.3 is 5.32 Å². The molecule has 8 heteroatoms. The minimum Gasteiger partial charge on any atom is -0.357 e. The lowest BCUT2D eigenvalue weighted by atomic mass is 10.1. The molecular formula is C11H4F5N3. The second-order valence-electron chi connectivity index (χ2n) is 3.21. The maximum absolute atomic E-state index is 13.5. The number of alkyl halides is 3. The van der Waals surface area contributed by atoms with Gasteiger partial charge in [0.05, 0.1) is 5.69 Å². The van der Waals surface area contributed by atoms with Gasteiger partial charge in [0.1, 0.15) is 29.1 Å². The molecule has 1 aromatic rings. The second-order valence-corrected chi connectivity index (χ2v) is 3.21. The van der Waals surface area contributed by atoms with Crippen molar-refractivity contribution in [2.75, 3.05) is 5.32 Å². The van der Waals surface area contributed by atoms with Crippen LogP contribution in [-0.4, -0.2) is 0 Å². The van der Waals surface area contributed by atoms with Crippen molar-refractivity contribution in [1.29, 1.82) is 10.5 Å². The van der Waals surface area contributed by atoms with E-state index in [1.165, 1.54) is 12.1 Å². The molecule has 0 aliphatic rings. The highest BCUT2D eigenvalue weighted by atomic mass is 19.4. The molecule has 19 heavy (non-hydrogen) atoms. The average Bonchev–Trinajstić information content (AvgIpc) is 2.31. The topological polar surface area (TPSA) is 59.6 Å². The number of allylic oxidation sites excluding steroid dienone is 1. The molecule has 1 rings (SSSR count). The van der Waals surface area contributed by atoms with Crippen LogP contribution in [0, 0.1) is 34.3 Å². The van der Waals surface area contributed by atoms with Crippen molar-refractivity contribution in [1.82, 2.24) is 0 Å². The first kappa shape index (κ1) is 14.5. The maximum atomic E-state index is 13.5. The summed E-state index contributed by atoms with van der Waals surface area (Å²) in [6.07, 6.45) is -4.47. The SMILES string of the molecule is N#CC(C#N)=CNc1ccc(F)c(C(F)(F)F)c1F. The van der Waals surface area contributed by atoms with Crippen LogP contribution >= 0.6 is 0 Å². The fourth-order valence-electron chi connectivity index (χ4n) is 1.16. The van der Waals surface area contributed by atoms with Crippen LogP contribution in [0.4, 0.5) is 27.6 Å². The summed E-state index contributed by atoms with van der Waals surface area (Å²) in [5.74, 6) is -3.60. The predicted octanol–water partition coefficient (Wildman–Crippen LogP) is 3.33. The van der Waals surface area contributed by atoms with E-state index in [2.05, 4.69) is 0 Å². The van der Waals surface area contributed by atoms with E-state index in [4.69, 9.17) is 10.5 Å². The van der Waals surface area contributed by atoms with Gasteiger partial charge in [0.15, 0.2) is 5.82 Å². The summed E-state index contributed by atoms with van der Waals surface area (Å²) in [4.78, 5) is 0. The van der Waals surface area contributed by atoms with Gasteiger partial charge in [-0.3, -0.25) is 0 Å². The van der Waals surface area contributed by atoms with Crippen LogP contribution in [0.2, 0.25) is 0 Å². The third-order valence-electron chi connectivity index (χ3n) is 1.99. The molecule has 98 valence electrons. The Balaban J connectivity index is 3.24. The lowest BCUT2D eigenvalue weighted by molar-refractivity contribution is -0.142. The molecule has 0 bridgehead atoms. The largest absolute Gasteiger partial charge is 0.422 e. The Hall–Kier alpha value is -2.61. The van der Waals surface area contributed by atoms with Crippen molar-refractivity contribution in [3.63, 3.8) is 0 Å². The van der Waals surface area contributed by atoms with Crippen LogP contribution in [0.15, 0.2) is 23.9 Å². The van der Waals surface area contributed by atoms with E-state index in [9.17, 15) is 22.0 Å². The summed E-state index contributed by atoms with van der Waals surface area (Å²) in [7, 11) is 0. The standard InChI is InChI=1S/C11H4F5N3/c12-7-1-2-8(19-5-6(3-17)4-18)10(13)9(7)11(14,15)16/h1-2,5,19H. The molecule has 0 aliphatic heterocycles. The number of nitrogens with zero attached hydrogens (tertiary/aromatic N) is 2. The molecule has 0 amide bonds. The molecule has 0 atom stereocenters. The van der Waals surface area contributed by atoms with Crippen molar-refractivity contribution in [3.05, 3.63) is 41.1 Å². The molecule has 0 aliphatic carbocycles. The Morgan fingerprint density at radius 1 is 1.16 bits per heavy atom. The quantitative estimate of drug-likeness (QED) is 0.664. The number of hydrogen-bond acceptors (Lipinski definition) is 3. The van der Waals surface area contributed by atoms with Crippen molar-refractivity contribution in [2.24, 2.45) is 0 Å². The molecule has 0 heterocycles. The van der Waals surface area contributed by atoms with Gasteiger partial charge >= 0.3 is 6.18 Å². The summed E-state index contributed by atoms with van der Waals surface area (Å²) < 4.78 is 63.6. The van der Waals surface area contributed by atoms with E-state index < -0.39 is 34.6 Å². The number of rotatable bonds is 2. The highest BCUT2D eigenvalue weighted by molar-refractivity contribution is 5.53. The van der Waals surface area contributed by atoms with Crippen molar-refractivity contribution < 1.29 is 22.0 Å². The van der Waals surface area contributed by atoms with E-state index in [0.29, 0.717) is 6.07 Å².